The molecule has 0 fully saturated rings. The molecule has 0 N–H and O–H groups in total. The third kappa shape index (κ3) is 3.72. The number of hydrogen-bond donors (Lipinski definition) is 0. The molecule has 1 amide bonds. The van der Waals surface area contributed by atoms with Gasteiger partial charge in [-0.25, -0.2) is 0 Å². The van der Waals surface area contributed by atoms with Gasteiger partial charge in [0.2, 0.25) is 0 Å². The Morgan fingerprint density at radius 2 is 1.85 bits per heavy atom. The van der Waals surface area contributed by atoms with E-state index in [4.69, 9.17) is 0 Å². The fourth-order valence-electron chi connectivity index (χ4n) is 3.22. The van der Waals surface area contributed by atoms with E-state index in [2.05, 4.69) is 10.8 Å². The van der Waals surface area contributed by atoms with Crippen LogP contribution >= 0.6 is 22.7 Å². The van der Waals surface area contributed by atoms with E-state index in [1.54, 1.807) is 27.6 Å². The van der Waals surface area contributed by atoms with E-state index in [1.165, 1.54) is 29.8 Å². The van der Waals surface area contributed by atoms with Gasteiger partial charge in [0.05, 0.1) is 0 Å². The first kappa shape index (κ1) is 18.1. The predicted molar refractivity (Wildman–Crippen MR) is 98.3 cm³/mol. The Kier molecular flexibility index (Phi) is 4.69. The first-order valence-electron chi connectivity index (χ1n) is 8.19. The molecule has 0 radical (unpaired) electrons. The summed E-state index contributed by atoms with van der Waals surface area (Å²) in [4.78, 5) is 17.1. The van der Waals surface area contributed by atoms with Crippen molar-refractivity contribution in [3.05, 3.63) is 74.1 Å². The van der Waals surface area contributed by atoms with Crippen LogP contribution in [0.5, 0.6) is 5.75 Å². The molecule has 8 heteroatoms. The summed E-state index contributed by atoms with van der Waals surface area (Å²) in [6.07, 6.45) is -3.99. The lowest BCUT2D eigenvalue weighted by Gasteiger charge is -2.35. The molecule has 0 bridgehead atoms. The number of carbonyl (C=O) groups excluding carboxylic acids is 1. The predicted octanol–water partition coefficient (Wildman–Crippen LogP) is 5.50. The van der Waals surface area contributed by atoms with Gasteiger partial charge >= 0.3 is 6.36 Å². The minimum absolute atomic E-state index is 0.160. The zero-order chi connectivity index (χ0) is 19.0. The van der Waals surface area contributed by atoms with Crippen LogP contribution in [0, 0.1) is 0 Å². The topological polar surface area (TPSA) is 29.5 Å². The van der Waals surface area contributed by atoms with Crippen LogP contribution in [0.2, 0.25) is 0 Å². The quantitative estimate of drug-likeness (QED) is 0.572. The number of hydrogen-bond acceptors (Lipinski definition) is 4. The van der Waals surface area contributed by atoms with E-state index in [1.807, 2.05) is 22.9 Å². The monoisotopic (exact) mass is 409 g/mol. The number of alkyl halides is 3. The Hall–Kier alpha value is -2.32. The lowest BCUT2D eigenvalue weighted by molar-refractivity contribution is -0.274. The molecule has 1 atom stereocenters. The van der Waals surface area contributed by atoms with E-state index in [0.29, 0.717) is 12.1 Å². The number of nitrogens with zero attached hydrogens (tertiary/aromatic N) is 1. The SMILES string of the molecule is O=C(c1ccc(OC(F)(F)F)cc1)N1CCc2ccsc2C1c1cccs1. The maximum Gasteiger partial charge on any atom is 0.573 e. The molecule has 27 heavy (non-hydrogen) atoms. The van der Waals surface area contributed by atoms with Crippen molar-refractivity contribution in [2.45, 2.75) is 18.8 Å². The normalized spacial score (nSPS) is 16.9. The van der Waals surface area contributed by atoms with E-state index in [-0.39, 0.29) is 17.7 Å². The molecule has 0 saturated carbocycles. The second-order valence-corrected chi connectivity index (χ2v) is 7.98. The molecule has 0 saturated heterocycles. The highest BCUT2D eigenvalue weighted by molar-refractivity contribution is 7.11. The number of rotatable bonds is 3. The Morgan fingerprint density at radius 3 is 2.52 bits per heavy atom. The molecule has 4 rings (SSSR count). The summed E-state index contributed by atoms with van der Waals surface area (Å²) < 4.78 is 40.8. The Balaban J connectivity index is 1.63. The summed E-state index contributed by atoms with van der Waals surface area (Å²) in [5.41, 5.74) is 1.59. The van der Waals surface area contributed by atoms with Gasteiger partial charge in [-0.1, -0.05) is 6.07 Å². The highest BCUT2D eigenvalue weighted by Gasteiger charge is 2.34. The third-order valence-corrected chi connectivity index (χ3v) is 6.31. The van der Waals surface area contributed by atoms with Crippen molar-refractivity contribution in [1.82, 2.24) is 4.90 Å². The zero-order valence-corrected chi connectivity index (χ0v) is 15.5. The summed E-state index contributed by atoms with van der Waals surface area (Å²) in [7, 11) is 0. The van der Waals surface area contributed by atoms with Crippen molar-refractivity contribution >= 4 is 28.6 Å². The highest BCUT2D eigenvalue weighted by atomic mass is 32.1. The maximum atomic E-state index is 13.1. The summed E-state index contributed by atoms with van der Waals surface area (Å²) in [5.74, 6) is -0.543. The summed E-state index contributed by atoms with van der Waals surface area (Å²) in [6, 6.07) is 11.0. The molecule has 0 aliphatic carbocycles. The number of amides is 1. The first-order valence-corrected chi connectivity index (χ1v) is 9.95. The molecular weight excluding hydrogens is 395 g/mol. The van der Waals surface area contributed by atoms with Crippen LogP contribution in [0.15, 0.2) is 53.2 Å². The van der Waals surface area contributed by atoms with Crippen molar-refractivity contribution in [2.75, 3.05) is 6.54 Å². The zero-order valence-electron chi connectivity index (χ0n) is 13.9. The largest absolute Gasteiger partial charge is 0.573 e. The molecule has 3 heterocycles. The van der Waals surface area contributed by atoms with Crippen LogP contribution in [0.4, 0.5) is 13.2 Å². The second kappa shape index (κ2) is 7.01. The minimum atomic E-state index is -4.75. The van der Waals surface area contributed by atoms with E-state index in [9.17, 15) is 18.0 Å². The van der Waals surface area contributed by atoms with Gasteiger partial charge in [0, 0.05) is 21.9 Å². The number of thiophene rings is 2. The summed E-state index contributed by atoms with van der Waals surface area (Å²) in [5, 5.41) is 4.01. The molecule has 1 aromatic carbocycles. The number of fused-ring (bicyclic) bond motifs is 1. The lowest BCUT2D eigenvalue weighted by atomic mass is 9.99. The lowest BCUT2D eigenvalue weighted by Crippen LogP contribution is -2.39. The van der Waals surface area contributed by atoms with Crippen molar-refractivity contribution in [3.8, 4) is 5.75 Å². The molecule has 2 aromatic heterocycles. The van der Waals surface area contributed by atoms with Crippen LogP contribution in [0.1, 0.15) is 31.7 Å². The number of benzene rings is 1. The van der Waals surface area contributed by atoms with E-state index < -0.39 is 6.36 Å². The van der Waals surface area contributed by atoms with Gasteiger partial charge in [0.15, 0.2) is 0 Å². The van der Waals surface area contributed by atoms with Gasteiger partial charge < -0.3 is 9.64 Å². The minimum Gasteiger partial charge on any atom is -0.406 e. The molecule has 3 aromatic rings. The van der Waals surface area contributed by atoms with Gasteiger partial charge in [-0.2, -0.15) is 0 Å². The van der Waals surface area contributed by atoms with Gasteiger partial charge in [0.1, 0.15) is 11.8 Å². The van der Waals surface area contributed by atoms with Crippen LogP contribution in [0.25, 0.3) is 0 Å². The average molecular weight is 409 g/mol. The molecule has 140 valence electrons. The smallest absolute Gasteiger partial charge is 0.406 e. The summed E-state index contributed by atoms with van der Waals surface area (Å²) >= 11 is 3.21. The standard InChI is InChI=1S/C19H14F3NO2S2/c20-19(21,22)25-14-5-3-13(4-6-14)18(24)23-9-7-12-8-11-27-17(12)16(23)15-2-1-10-26-15/h1-6,8,10-11,16H,7,9H2. The molecular formula is C19H14F3NO2S2. The molecule has 0 spiro atoms. The fraction of sp³-hybridized carbons (Fsp3) is 0.211. The van der Waals surface area contributed by atoms with Crippen molar-refractivity contribution in [3.63, 3.8) is 0 Å². The van der Waals surface area contributed by atoms with Gasteiger partial charge in [-0.3, -0.25) is 4.79 Å². The Morgan fingerprint density at radius 1 is 1.07 bits per heavy atom. The molecule has 1 aliphatic rings. The number of halogens is 3. The first-order chi connectivity index (χ1) is 12.9. The number of ether oxygens (including phenoxy) is 1. The number of carbonyl (C=O) groups is 1. The average Bonchev–Trinajstić information content (AvgIpc) is 3.31. The van der Waals surface area contributed by atoms with Crippen molar-refractivity contribution < 1.29 is 22.7 Å². The van der Waals surface area contributed by atoms with E-state index in [0.717, 1.165) is 16.2 Å². The van der Waals surface area contributed by atoms with Crippen LogP contribution < -0.4 is 4.74 Å². The highest BCUT2D eigenvalue weighted by Crippen LogP contribution is 2.40. The fourth-order valence-corrected chi connectivity index (χ4v) is 5.22. The van der Waals surface area contributed by atoms with Crippen LogP contribution in [-0.4, -0.2) is 23.7 Å². The maximum absolute atomic E-state index is 13.1. The van der Waals surface area contributed by atoms with Gasteiger partial charge in [-0.15, -0.1) is 35.8 Å². The van der Waals surface area contributed by atoms with Gasteiger partial charge in [0.25, 0.3) is 5.91 Å². The second-order valence-electron chi connectivity index (χ2n) is 6.05. The molecule has 3 nitrogen and oxygen atoms in total. The molecule has 1 unspecified atom stereocenters. The summed E-state index contributed by atoms with van der Waals surface area (Å²) in [6.45, 7) is 0.561. The van der Waals surface area contributed by atoms with E-state index >= 15 is 0 Å². The molecule has 1 aliphatic heterocycles. The van der Waals surface area contributed by atoms with Crippen molar-refractivity contribution in [2.24, 2.45) is 0 Å². The van der Waals surface area contributed by atoms with Crippen molar-refractivity contribution in [1.29, 1.82) is 0 Å². The third-order valence-electron chi connectivity index (χ3n) is 4.37. The van der Waals surface area contributed by atoms with Gasteiger partial charge in [-0.05, 0) is 59.1 Å². The Labute approximate surface area is 161 Å². The van der Waals surface area contributed by atoms with Crippen LogP contribution in [-0.2, 0) is 6.42 Å². The Bertz CT molecular complexity index is 933. The van der Waals surface area contributed by atoms with Crippen LogP contribution in [0.3, 0.4) is 0 Å².